The molecule has 2 saturated carbocycles. The highest BCUT2D eigenvalue weighted by molar-refractivity contribution is 5.25. The first-order valence-electron chi connectivity index (χ1n) is 9.48. The first-order chi connectivity index (χ1) is 11.2. The Morgan fingerprint density at radius 2 is 1.88 bits per heavy atom. The third-order valence-corrected chi connectivity index (χ3v) is 7.76. The Balaban J connectivity index is 1.95. The molecule has 4 N–H and O–H groups in total. The van der Waals surface area contributed by atoms with Gasteiger partial charge in [-0.05, 0) is 61.2 Å². The fourth-order valence-corrected chi connectivity index (χ4v) is 6.46. The molecular formula is C20H34O4. The van der Waals surface area contributed by atoms with Gasteiger partial charge in [-0.15, -0.1) is 0 Å². The van der Waals surface area contributed by atoms with Crippen molar-refractivity contribution in [2.24, 2.45) is 28.1 Å². The maximum atomic E-state index is 10.5. The minimum atomic E-state index is -0.712. The molecule has 0 radical (unpaired) electrons. The predicted octanol–water partition coefficient (Wildman–Crippen LogP) is 2.25. The number of aliphatic hydroxyl groups excluding tert-OH is 4. The van der Waals surface area contributed by atoms with Gasteiger partial charge in [0.25, 0.3) is 0 Å². The summed E-state index contributed by atoms with van der Waals surface area (Å²) in [7, 11) is 0. The average Bonchev–Trinajstić information content (AvgIpc) is 2.52. The van der Waals surface area contributed by atoms with E-state index in [-0.39, 0.29) is 35.6 Å². The van der Waals surface area contributed by atoms with Crippen LogP contribution in [-0.2, 0) is 0 Å². The van der Waals surface area contributed by atoms with Crippen molar-refractivity contribution < 1.29 is 20.4 Å². The van der Waals surface area contributed by atoms with E-state index >= 15 is 0 Å². The molecule has 0 bridgehead atoms. The van der Waals surface area contributed by atoms with E-state index in [1.807, 2.05) is 6.92 Å². The molecule has 24 heavy (non-hydrogen) atoms. The maximum absolute atomic E-state index is 10.5. The van der Waals surface area contributed by atoms with Gasteiger partial charge in [0.2, 0.25) is 0 Å². The minimum absolute atomic E-state index is 0.00469. The molecular weight excluding hydrogens is 304 g/mol. The fraction of sp³-hybridized carbons (Fsp3) is 0.900. The quantitative estimate of drug-likeness (QED) is 0.595. The molecule has 0 amide bonds. The standard InChI is InChI=1S/C20H34O4/c1-18(17(24)11-21)7-6-15-13(8-18)4-5-16-19(2,12-22)9-14(23)10-20(15,16)3/h8,14-17,21-24H,4-7,9-12H2,1-3H3/t14-,15+,16-,17+,18+,19+,20+/m1/s1. The van der Waals surface area contributed by atoms with Gasteiger partial charge in [0, 0.05) is 12.0 Å². The van der Waals surface area contributed by atoms with E-state index in [1.165, 1.54) is 5.57 Å². The molecule has 3 aliphatic rings. The summed E-state index contributed by atoms with van der Waals surface area (Å²) in [5.74, 6) is 0.837. The highest BCUT2D eigenvalue weighted by Crippen LogP contribution is 2.63. The van der Waals surface area contributed by atoms with Crippen LogP contribution in [0.15, 0.2) is 11.6 Å². The molecule has 4 heteroatoms. The Morgan fingerprint density at radius 1 is 1.17 bits per heavy atom. The van der Waals surface area contributed by atoms with Crippen LogP contribution in [0.2, 0.25) is 0 Å². The molecule has 4 nitrogen and oxygen atoms in total. The zero-order chi connectivity index (χ0) is 17.8. The van der Waals surface area contributed by atoms with E-state index in [1.54, 1.807) is 0 Å². The van der Waals surface area contributed by atoms with Crippen molar-refractivity contribution in [3.63, 3.8) is 0 Å². The highest BCUT2D eigenvalue weighted by Gasteiger charge is 2.57. The molecule has 3 rings (SSSR count). The normalized spacial score (nSPS) is 49.8. The lowest BCUT2D eigenvalue weighted by Crippen LogP contribution is -2.56. The number of hydrogen-bond acceptors (Lipinski definition) is 4. The van der Waals surface area contributed by atoms with Crippen molar-refractivity contribution in [1.29, 1.82) is 0 Å². The van der Waals surface area contributed by atoms with Crippen LogP contribution >= 0.6 is 0 Å². The molecule has 0 aromatic carbocycles. The van der Waals surface area contributed by atoms with Crippen LogP contribution in [0.3, 0.4) is 0 Å². The summed E-state index contributed by atoms with van der Waals surface area (Å²) < 4.78 is 0. The second-order valence-corrected chi connectivity index (χ2v) is 9.49. The van der Waals surface area contributed by atoms with Crippen molar-refractivity contribution in [2.45, 2.75) is 71.5 Å². The molecule has 0 heterocycles. The van der Waals surface area contributed by atoms with Crippen molar-refractivity contribution in [3.05, 3.63) is 11.6 Å². The van der Waals surface area contributed by atoms with E-state index in [4.69, 9.17) is 0 Å². The van der Waals surface area contributed by atoms with E-state index in [0.717, 1.165) is 32.1 Å². The highest BCUT2D eigenvalue weighted by atomic mass is 16.3. The Bertz CT molecular complexity index is 518. The number of rotatable bonds is 3. The molecule has 0 aromatic rings. The van der Waals surface area contributed by atoms with Crippen molar-refractivity contribution >= 4 is 0 Å². The molecule has 0 saturated heterocycles. The van der Waals surface area contributed by atoms with Gasteiger partial charge in [-0.3, -0.25) is 0 Å². The van der Waals surface area contributed by atoms with Gasteiger partial charge in [-0.1, -0.05) is 32.4 Å². The van der Waals surface area contributed by atoms with Gasteiger partial charge in [-0.25, -0.2) is 0 Å². The van der Waals surface area contributed by atoms with E-state index < -0.39 is 6.10 Å². The van der Waals surface area contributed by atoms with Crippen LogP contribution in [0.4, 0.5) is 0 Å². The van der Waals surface area contributed by atoms with Crippen LogP contribution in [0.25, 0.3) is 0 Å². The van der Waals surface area contributed by atoms with Crippen molar-refractivity contribution in [3.8, 4) is 0 Å². The fourth-order valence-electron chi connectivity index (χ4n) is 6.46. The summed E-state index contributed by atoms with van der Waals surface area (Å²) >= 11 is 0. The van der Waals surface area contributed by atoms with Gasteiger partial charge in [0.1, 0.15) is 0 Å². The second-order valence-electron chi connectivity index (χ2n) is 9.49. The predicted molar refractivity (Wildman–Crippen MR) is 93.3 cm³/mol. The maximum Gasteiger partial charge on any atom is 0.0858 e. The molecule has 0 aromatic heterocycles. The SMILES string of the molecule is C[C@@]1(CO)C[C@@H](O)C[C@]2(C)[C@@H]1CCC1=C[C@@](C)([C@@H](O)CO)CC[C@@H]12. The number of aliphatic hydroxyl groups is 4. The summed E-state index contributed by atoms with van der Waals surface area (Å²) in [6.45, 7) is 6.41. The molecule has 138 valence electrons. The molecule has 7 atom stereocenters. The van der Waals surface area contributed by atoms with Crippen LogP contribution in [0.1, 0.15) is 59.3 Å². The van der Waals surface area contributed by atoms with Gasteiger partial charge >= 0.3 is 0 Å². The number of hydrogen-bond donors (Lipinski definition) is 4. The molecule has 3 aliphatic carbocycles. The van der Waals surface area contributed by atoms with Gasteiger partial charge in [-0.2, -0.15) is 0 Å². The smallest absolute Gasteiger partial charge is 0.0858 e. The second kappa shape index (κ2) is 6.08. The molecule has 0 spiro atoms. The summed E-state index contributed by atoms with van der Waals surface area (Å²) in [5.41, 5.74) is 0.843. The van der Waals surface area contributed by atoms with Crippen LogP contribution in [-0.4, -0.2) is 45.8 Å². The monoisotopic (exact) mass is 338 g/mol. The van der Waals surface area contributed by atoms with Gasteiger partial charge < -0.3 is 20.4 Å². The Morgan fingerprint density at radius 3 is 2.50 bits per heavy atom. The van der Waals surface area contributed by atoms with Crippen LogP contribution in [0.5, 0.6) is 0 Å². The largest absolute Gasteiger partial charge is 0.396 e. The molecule has 0 unspecified atom stereocenters. The summed E-state index contributed by atoms with van der Waals surface area (Å²) in [6, 6.07) is 0. The lowest BCUT2D eigenvalue weighted by Gasteiger charge is -2.61. The van der Waals surface area contributed by atoms with Crippen LogP contribution in [0, 0.1) is 28.1 Å². The first-order valence-corrected chi connectivity index (χ1v) is 9.48. The summed E-state index contributed by atoms with van der Waals surface area (Å²) in [5, 5.41) is 40.1. The lowest BCUT2D eigenvalue weighted by atomic mass is 9.44. The molecule has 2 fully saturated rings. The number of allylic oxidation sites excluding steroid dienone is 1. The molecule has 0 aliphatic heterocycles. The zero-order valence-corrected chi connectivity index (χ0v) is 15.3. The average molecular weight is 338 g/mol. The Labute approximate surface area is 145 Å². The lowest BCUT2D eigenvalue weighted by molar-refractivity contribution is -0.134. The third kappa shape index (κ3) is 2.66. The number of fused-ring (bicyclic) bond motifs is 3. The van der Waals surface area contributed by atoms with Crippen molar-refractivity contribution in [2.75, 3.05) is 13.2 Å². The van der Waals surface area contributed by atoms with Gasteiger partial charge in [0.05, 0.1) is 18.8 Å². The topological polar surface area (TPSA) is 80.9 Å². The van der Waals surface area contributed by atoms with Gasteiger partial charge in [0.15, 0.2) is 0 Å². The summed E-state index contributed by atoms with van der Waals surface area (Å²) in [4.78, 5) is 0. The Hall–Kier alpha value is -0.420. The zero-order valence-electron chi connectivity index (χ0n) is 15.3. The minimum Gasteiger partial charge on any atom is -0.396 e. The van der Waals surface area contributed by atoms with Crippen molar-refractivity contribution in [1.82, 2.24) is 0 Å². The van der Waals surface area contributed by atoms with Crippen LogP contribution < -0.4 is 0 Å². The summed E-state index contributed by atoms with van der Waals surface area (Å²) in [6.07, 6.45) is 6.54. The third-order valence-electron chi connectivity index (χ3n) is 7.76. The van der Waals surface area contributed by atoms with E-state index in [9.17, 15) is 20.4 Å². The first kappa shape index (κ1) is 18.4. The van der Waals surface area contributed by atoms with E-state index in [2.05, 4.69) is 19.9 Å². The van der Waals surface area contributed by atoms with E-state index in [0.29, 0.717) is 18.3 Å². The Kier molecular flexibility index (Phi) is 4.66.